The summed E-state index contributed by atoms with van der Waals surface area (Å²) in [7, 11) is 0. The molecular weight excluding hydrogens is 384 g/mol. The maximum Gasteiger partial charge on any atom is 0.332 e. The highest BCUT2D eigenvalue weighted by Gasteiger charge is 2.64. The van der Waals surface area contributed by atoms with E-state index in [4.69, 9.17) is 9.47 Å². The minimum Gasteiger partial charge on any atom is -0.464 e. The molecule has 0 heterocycles. The quantitative estimate of drug-likeness (QED) is 0.309. The van der Waals surface area contributed by atoms with Crippen LogP contribution in [0.2, 0.25) is 0 Å². The number of esters is 1. The number of aliphatic hydroxyl groups is 2. The third-order valence-corrected chi connectivity index (χ3v) is 6.26. The molecular formula is C24H32O6. The van der Waals surface area contributed by atoms with Crippen LogP contribution in [-0.4, -0.2) is 54.0 Å². The first-order valence-corrected chi connectivity index (χ1v) is 10.8. The van der Waals surface area contributed by atoms with Crippen molar-refractivity contribution in [1.29, 1.82) is 0 Å². The highest BCUT2D eigenvalue weighted by atomic mass is 16.6. The van der Waals surface area contributed by atoms with E-state index in [9.17, 15) is 19.8 Å². The fourth-order valence-corrected chi connectivity index (χ4v) is 4.75. The molecule has 0 saturated heterocycles. The molecule has 6 atom stereocenters. The van der Waals surface area contributed by atoms with Crippen LogP contribution in [0.5, 0.6) is 0 Å². The smallest absolute Gasteiger partial charge is 0.332 e. The van der Waals surface area contributed by atoms with Crippen molar-refractivity contribution in [1.82, 2.24) is 0 Å². The van der Waals surface area contributed by atoms with Crippen molar-refractivity contribution in [3.05, 3.63) is 48.0 Å². The highest BCUT2D eigenvalue weighted by Crippen LogP contribution is 2.61. The van der Waals surface area contributed by atoms with Gasteiger partial charge >= 0.3 is 5.97 Å². The van der Waals surface area contributed by atoms with Crippen molar-refractivity contribution < 1.29 is 29.3 Å². The number of Topliss-reactive ketones (excluding diaryl/α,β-unsaturated/α-hetero) is 1. The lowest BCUT2D eigenvalue weighted by atomic mass is 9.90. The monoisotopic (exact) mass is 416 g/mol. The third kappa shape index (κ3) is 5.78. The van der Waals surface area contributed by atoms with Crippen molar-refractivity contribution in [2.45, 2.75) is 44.8 Å². The predicted molar refractivity (Wildman–Crippen MR) is 112 cm³/mol. The van der Waals surface area contributed by atoms with E-state index < -0.39 is 12.2 Å². The number of ketones is 1. The molecule has 2 saturated carbocycles. The molecule has 0 spiro atoms. The first-order valence-electron chi connectivity index (χ1n) is 10.8. The Morgan fingerprint density at radius 1 is 1.23 bits per heavy atom. The number of carbonyl (C=O) groups excluding carboxylic acids is 2. The van der Waals surface area contributed by atoms with Gasteiger partial charge in [-0.05, 0) is 49.5 Å². The Kier molecular flexibility index (Phi) is 8.19. The first-order chi connectivity index (χ1) is 14.5. The molecule has 3 rings (SSSR count). The Labute approximate surface area is 177 Å². The zero-order valence-electron chi connectivity index (χ0n) is 17.5. The lowest BCUT2D eigenvalue weighted by Gasteiger charge is -2.21. The number of hydrogen-bond donors (Lipinski definition) is 2. The lowest BCUT2D eigenvalue weighted by molar-refractivity contribution is -0.147. The van der Waals surface area contributed by atoms with Crippen molar-refractivity contribution in [3.8, 4) is 0 Å². The first kappa shape index (κ1) is 22.7. The zero-order chi connectivity index (χ0) is 21.5. The van der Waals surface area contributed by atoms with E-state index in [2.05, 4.69) is 0 Å². The van der Waals surface area contributed by atoms with E-state index in [-0.39, 0.29) is 48.6 Å². The summed E-state index contributed by atoms with van der Waals surface area (Å²) in [5, 5.41) is 21.1. The number of rotatable bonds is 12. The molecule has 3 unspecified atom stereocenters. The molecule has 0 amide bonds. The van der Waals surface area contributed by atoms with E-state index in [0.29, 0.717) is 25.9 Å². The van der Waals surface area contributed by atoms with Gasteiger partial charge in [-0.25, -0.2) is 4.79 Å². The summed E-state index contributed by atoms with van der Waals surface area (Å²) in [6.07, 6.45) is 4.49. The average molecular weight is 417 g/mol. The van der Waals surface area contributed by atoms with Crippen molar-refractivity contribution in [2.75, 3.05) is 19.8 Å². The summed E-state index contributed by atoms with van der Waals surface area (Å²) in [4.78, 5) is 23.5. The Bertz CT molecular complexity index is 730. The molecule has 0 radical (unpaired) electrons. The van der Waals surface area contributed by atoms with E-state index in [0.717, 1.165) is 12.0 Å². The highest BCUT2D eigenvalue weighted by molar-refractivity contribution is 5.85. The van der Waals surface area contributed by atoms with Crippen LogP contribution in [0.4, 0.5) is 0 Å². The second-order valence-electron chi connectivity index (χ2n) is 8.20. The van der Waals surface area contributed by atoms with Crippen LogP contribution in [-0.2, 0) is 25.5 Å². The number of aliphatic hydroxyl groups excluding tert-OH is 2. The molecule has 2 N–H and O–H groups in total. The number of hydrogen-bond acceptors (Lipinski definition) is 6. The van der Waals surface area contributed by atoms with Gasteiger partial charge in [0, 0.05) is 12.3 Å². The average Bonchev–Trinajstić information content (AvgIpc) is 3.34. The topological polar surface area (TPSA) is 93.1 Å². The van der Waals surface area contributed by atoms with E-state index in [1.165, 1.54) is 0 Å². The van der Waals surface area contributed by atoms with Gasteiger partial charge in [0.15, 0.2) is 0 Å². The second kappa shape index (κ2) is 10.8. The Morgan fingerprint density at radius 2 is 2.00 bits per heavy atom. The normalized spacial score (nSPS) is 27.1. The van der Waals surface area contributed by atoms with Crippen LogP contribution < -0.4 is 0 Å². The van der Waals surface area contributed by atoms with Crippen LogP contribution in [0, 0.1) is 23.7 Å². The Morgan fingerprint density at radius 3 is 2.73 bits per heavy atom. The van der Waals surface area contributed by atoms with Crippen LogP contribution in [0.1, 0.15) is 31.7 Å². The predicted octanol–water partition coefficient (Wildman–Crippen LogP) is 2.32. The molecule has 1 aromatic rings. The largest absolute Gasteiger partial charge is 0.464 e. The van der Waals surface area contributed by atoms with Crippen LogP contribution >= 0.6 is 0 Å². The summed E-state index contributed by atoms with van der Waals surface area (Å²) in [5.74, 6) is 0.107. The van der Waals surface area contributed by atoms with Crippen molar-refractivity contribution in [3.63, 3.8) is 0 Å². The SMILES string of the molecule is CCOC(=O)COCC=CC[C@@H]1C(=O)C[C@H]2C(C(O)C(O)CCc3ccccc3)[C@@H]12. The number of carbonyl (C=O) groups is 2. The maximum absolute atomic E-state index is 12.3. The third-order valence-electron chi connectivity index (χ3n) is 6.26. The van der Waals surface area contributed by atoms with E-state index >= 15 is 0 Å². The molecule has 0 aliphatic heterocycles. The zero-order valence-corrected chi connectivity index (χ0v) is 17.5. The fourth-order valence-electron chi connectivity index (χ4n) is 4.75. The van der Waals surface area contributed by atoms with Gasteiger partial charge in [0.25, 0.3) is 0 Å². The molecule has 1 aromatic carbocycles. The molecule has 6 heteroatoms. The molecule has 0 aromatic heterocycles. The summed E-state index contributed by atoms with van der Waals surface area (Å²) >= 11 is 0. The number of fused-ring (bicyclic) bond motifs is 1. The van der Waals surface area contributed by atoms with E-state index in [1.54, 1.807) is 6.92 Å². The van der Waals surface area contributed by atoms with Gasteiger partial charge in [0.1, 0.15) is 12.4 Å². The van der Waals surface area contributed by atoms with Gasteiger partial charge < -0.3 is 19.7 Å². The Balaban J connectivity index is 1.40. The molecule has 2 fully saturated rings. The van der Waals surface area contributed by atoms with Gasteiger partial charge in [0.05, 0.1) is 25.4 Å². The van der Waals surface area contributed by atoms with Gasteiger partial charge in [-0.15, -0.1) is 0 Å². The standard InChI is InChI=1S/C24H32O6/c1-2-30-21(27)15-29-13-7-6-10-17-20(26)14-18-22(17)23(18)24(28)19(25)12-11-16-8-4-3-5-9-16/h3-9,17-19,22-25,28H,2,10-15H2,1H3/t17-,18-,19?,22+,23?,24?/m1/s1. The number of ether oxygens (including phenoxy) is 2. The summed E-state index contributed by atoms with van der Waals surface area (Å²) < 4.78 is 9.99. The summed E-state index contributed by atoms with van der Waals surface area (Å²) in [6, 6.07) is 9.92. The molecule has 2 aliphatic carbocycles. The van der Waals surface area contributed by atoms with Crippen molar-refractivity contribution in [2.24, 2.45) is 23.7 Å². The fraction of sp³-hybridized carbons (Fsp3) is 0.583. The van der Waals surface area contributed by atoms with Crippen molar-refractivity contribution >= 4 is 11.8 Å². The number of allylic oxidation sites excluding steroid dienone is 1. The summed E-state index contributed by atoms with van der Waals surface area (Å²) in [5.41, 5.74) is 1.14. The lowest BCUT2D eigenvalue weighted by Crippen LogP contribution is -2.32. The molecule has 6 nitrogen and oxygen atoms in total. The summed E-state index contributed by atoms with van der Waals surface area (Å²) in [6.45, 7) is 2.28. The molecule has 2 aliphatic rings. The van der Waals surface area contributed by atoms with Crippen LogP contribution in [0.25, 0.3) is 0 Å². The van der Waals surface area contributed by atoms with Gasteiger partial charge in [-0.1, -0.05) is 42.5 Å². The molecule has 164 valence electrons. The minimum atomic E-state index is -0.781. The van der Waals surface area contributed by atoms with Crippen LogP contribution in [0.3, 0.4) is 0 Å². The minimum absolute atomic E-state index is 0.00642. The van der Waals surface area contributed by atoms with Gasteiger partial charge in [-0.2, -0.15) is 0 Å². The maximum atomic E-state index is 12.3. The number of aryl methyl sites for hydroxylation is 1. The van der Waals surface area contributed by atoms with E-state index in [1.807, 2.05) is 42.5 Å². The Hall–Kier alpha value is -2.02. The van der Waals surface area contributed by atoms with Crippen LogP contribution in [0.15, 0.2) is 42.5 Å². The molecule has 30 heavy (non-hydrogen) atoms. The number of benzene rings is 1. The van der Waals surface area contributed by atoms with Gasteiger partial charge in [0.2, 0.25) is 0 Å². The molecule has 0 bridgehead atoms. The second-order valence-corrected chi connectivity index (χ2v) is 8.20. The van der Waals surface area contributed by atoms with Gasteiger partial charge in [-0.3, -0.25) is 4.79 Å².